The van der Waals surface area contributed by atoms with E-state index in [9.17, 15) is 0 Å². The molecule has 2 rings (SSSR count). The van der Waals surface area contributed by atoms with E-state index in [1.54, 1.807) is 0 Å². The van der Waals surface area contributed by atoms with Gasteiger partial charge in [0.05, 0.1) is 0 Å². The maximum atomic E-state index is 8.98. The van der Waals surface area contributed by atoms with E-state index >= 15 is 0 Å². The lowest BCUT2D eigenvalue weighted by molar-refractivity contribution is -0.120. The Kier molecular flexibility index (Phi) is 1.69. The van der Waals surface area contributed by atoms with Gasteiger partial charge in [-0.25, -0.2) is 0 Å². The fourth-order valence-corrected chi connectivity index (χ4v) is 2.80. The third kappa shape index (κ3) is 0.926. The van der Waals surface area contributed by atoms with E-state index in [1.807, 2.05) is 0 Å². The summed E-state index contributed by atoms with van der Waals surface area (Å²) in [4.78, 5) is 0. The highest BCUT2D eigenvalue weighted by Crippen LogP contribution is 2.61. The molecule has 2 heteroatoms. The van der Waals surface area contributed by atoms with Crippen LogP contribution in [0.3, 0.4) is 0 Å². The summed E-state index contributed by atoms with van der Waals surface area (Å²) in [7, 11) is 0. The zero-order valence-electron chi connectivity index (χ0n) is 6.79. The quantitative estimate of drug-likeness (QED) is 0.620. The summed E-state index contributed by atoms with van der Waals surface area (Å²) in [5.74, 6) is 1.11. The molecule has 0 aromatic rings. The molecule has 2 saturated carbocycles. The first kappa shape index (κ1) is 7.56. The molecule has 1 unspecified atom stereocenters. The van der Waals surface area contributed by atoms with Gasteiger partial charge in [0, 0.05) is 13.2 Å². The number of hydrogen-bond acceptors (Lipinski definition) is 2. The van der Waals surface area contributed by atoms with Crippen molar-refractivity contribution in [3.63, 3.8) is 0 Å². The second-order valence-corrected chi connectivity index (χ2v) is 4.24. The van der Waals surface area contributed by atoms with Gasteiger partial charge in [-0.1, -0.05) is 0 Å². The summed E-state index contributed by atoms with van der Waals surface area (Å²) < 4.78 is 0. The molecule has 0 aromatic carbocycles. The van der Waals surface area contributed by atoms with Crippen molar-refractivity contribution in [3.8, 4) is 0 Å². The molecule has 0 radical (unpaired) electrons. The van der Waals surface area contributed by atoms with E-state index in [0.29, 0.717) is 30.5 Å². The van der Waals surface area contributed by atoms with Gasteiger partial charge in [0.25, 0.3) is 0 Å². The van der Waals surface area contributed by atoms with E-state index in [2.05, 4.69) is 0 Å². The second kappa shape index (κ2) is 2.46. The van der Waals surface area contributed by atoms with Gasteiger partial charge < -0.3 is 10.2 Å². The Morgan fingerprint density at radius 1 is 1.18 bits per heavy atom. The van der Waals surface area contributed by atoms with Crippen molar-refractivity contribution in [1.82, 2.24) is 0 Å². The number of rotatable bonds is 2. The van der Waals surface area contributed by atoms with Crippen molar-refractivity contribution in [2.24, 2.45) is 17.3 Å². The van der Waals surface area contributed by atoms with E-state index in [4.69, 9.17) is 10.2 Å². The standard InChI is InChI=1S/C9H16O2/c10-5-7-3-9(4-7)2-1-8(9)6-11/h7-8,10-11H,1-6H2. The largest absolute Gasteiger partial charge is 0.396 e. The maximum absolute atomic E-state index is 8.98. The molecular formula is C9H16O2. The Bertz CT molecular complexity index is 148. The van der Waals surface area contributed by atoms with Crippen LogP contribution in [0.5, 0.6) is 0 Å². The van der Waals surface area contributed by atoms with Crippen molar-refractivity contribution < 1.29 is 10.2 Å². The summed E-state index contributed by atoms with van der Waals surface area (Å²) in [5.41, 5.74) is 0.474. The molecule has 0 saturated heterocycles. The van der Waals surface area contributed by atoms with Crippen LogP contribution in [0.4, 0.5) is 0 Å². The highest BCUT2D eigenvalue weighted by Gasteiger charge is 2.54. The molecule has 0 aliphatic heterocycles. The van der Waals surface area contributed by atoms with Crippen LogP contribution in [0.1, 0.15) is 25.7 Å². The van der Waals surface area contributed by atoms with Gasteiger partial charge in [0.1, 0.15) is 0 Å². The first-order valence-electron chi connectivity index (χ1n) is 4.52. The molecule has 0 amide bonds. The third-order valence-electron chi connectivity index (χ3n) is 3.73. The van der Waals surface area contributed by atoms with Crippen LogP contribution in [0.2, 0.25) is 0 Å². The molecule has 0 heterocycles. The third-order valence-corrected chi connectivity index (χ3v) is 3.73. The van der Waals surface area contributed by atoms with E-state index in [1.165, 1.54) is 12.8 Å². The Balaban J connectivity index is 1.86. The minimum atomic E-state index is 0.347. The predicted octanol–water partition coefficient (Wildman–Crippen LogP) is 0.777. The summed E-state index contributed by atoms with van der Waals surface area (Å²) in [6, 6.07) is 0. The molecule has 64 valence electrons. The van der Waals surface area contributed by atoms with Gasteiger partial charge in [0.15, 0.2) is 0 Å². The Morgan fingerprint density at radius 2 is 1.91 bits per heavy atom. The average Bonchev–Trinajstić information content (AvgIpc) is 1.85. The normalized spacial score (nSPS) is 48.5. The minimum Gasteiger partial charge on any atom is -0.396 e. The lowest BCUT2D eigenvalue weighted by Gasteiger charge is -2.59. The average molecular weight is 156 g/mol. The lowest BCUT2D eigenvalue weighted by atomic mass is 9.47. The number of aliphatic hydroxyl groups is 2. The molecule has 0 bridgehead atoms. The van der Waals surface area contributed by atoms with Crippen LogP contribution in [-0.2, 0) is 0 Å². The molecule has 0 aromatic heterocycles. The second-order valence-electron chi connectivity index (χ2n) is 4.24. The molecular weight excluding hydrogens is 140 g/mol. The fourth-order valence-electron chi connectivity index (χ4n) is 2.80. The molecule has 2 aliphatic carbocycles. The monoisotopic (exact) mass is 156 g/mol. The van der Waals surface area contributed by atoms with Crippen molar-refractivity contribution in [2.45, 2.75) is 25.7 Å². The van der Waals surface area contributed by atoms with Crippen molar-refractivity contribution in [1.29, 1.82) is 0 Å². The molecule has 2 N–H and O–H groups in total. The van der Waals surface area contributed by atoms with E-state index in [0.717, 1.165) is 12.8 Å². The van der Waals surface area contributed by atoms with Gasteiger partial charge in [-0.2, -0.15) is 0 Å². The minimum absolute atomic E-state index is 0.347. The fraction of sp³-hybridized carbons (Fsp3) is 1.00. The Hall–Kier alpha value is -0.0800. The summed E-state index contributed by atoms with van der Waals surface area (Å²) >= 11 is 0. The predicted molar refractivity (Wildman–Crippen MR) is 42.1 cm³/mol. The SMILES string of the molecule is OCC1CC2(CCC2CO)C1. The molecule has 2 nitrogen and oxygen atoms in total. The van der Waals surface area contributed by atoms with Gasteiger partial charge in [-0.05, 0) is 42.9 Å². The molecule has 2 fully saturated rings. The lowest BCUT2D eigenvalue weighted by Crippen LogP contribution is -2.52. The van der Waals surface area contributed by atoms with Crippen LogP contribution in [-0.4, -0.2) is 23.4 Å². The first-order valence-corrected chi connectivity index (χ1v) is 4.52. The van der Waals surface area contributed by atoms with Crippen molar-refractivity contribution in [2.75, 3.05) is 13.2 Å². The Labute approximate surface area is 67.2 Å². The molecule has 11 heavy (non-hydrogen) atoms. The van der Waals surface area contributed by atoms with Gasteiger partial charge in [-0.15, -0.1) is 0 Å². The van der Waals surface area contributed by atoms with Crippen LogP contribution >= 0.6 is 0 Å². The summed E-state index contributed by atoms with van der Waals surface area (Å²) in [6.45, 7) is 0.706. The van der Waals surface area contributed by atoms with E-state index in [-0.39, 0.29) is 0 Å². The van der Waals surface area contributed by atoms with Gasteiger partial charge in [-0.3, -0.25) is 0 Å². The number of aliphatic hydroxyl groups excluding tert-OH is 2. The van der Waals surface area contributed by atoms with Crippen LogP contribution in [0, 0.1) is 17.3 Å². The van der Waals surface area contributed by atoms with E-state index < -0.39 is 0 Å². The van der Waals surface area contributed by atoms with Crippen LogP contribution in [0.15, 0.2) is 0 Å². The van der Waals surface area contributed by atoms with Gasteiger partial charge >= 0.3 is 0 Å². The Morgan fingerprint density at radius 3 is 2.27 bits per heavy atom. The number of hydrogen-bond donors (Lipinski definition) is 2. The van der Waals surface area contributed by atoms with Gasteiger partial charge in [0.2, 0.25) is 0 Å². The highest BCUT2D eigenvalue weighted by atomic mass is 16.3. The molecule has 1 atom stereocenters. The topological polar surface area (TPSA) is 40.5 Å². The summed E-state index contributed by atoms with van der Waals surface area (Å²) in [6.07, 6.45) is 4.81. The first-order chi connectivity index (χ1) is 5.30. The van der Waals surface area contributed by atoms with Crippen molar-refractivity contribution in [3.05, 3.63) is 0 Å². The molecule has 2 aliphatic rings. The summed E-state index contributed by atoms with van der Waals surface area (Å²) in [5, 5.41) is 17.8. The zero-order chi connectivity index (χ0) is 7.90. The molecule has 1 spiro atoms. The zero-order valence-corrected chi connectivity index (χ0v) is 6.79. The maximum Gasteiger partial charge on any atom is 0.0464 e. The van der Waals surface area contributed by atoms with Crippen molar-refractivity contribution >= 4 is 0 Å². The van der Waals surface area contributed by atoms with Crippen LogP contribution in [0.25, 0.3) is 0 Å². The smallest absolute Gasteiger partial charge is 0.0464 e. The van der Waals surface area contributed by atoms with Crippen LogP contribution < -0.4 is 0 Å². The highest BCUT2D eigenvalue weighted by molar-refractivity contribution is 5.03.